The van der Waals surface area contributed by atoms with E-state index in [0.717, 1.165) is 11.8 Å². The van der Waals surface area contributed by atoms with Crippen molar-refractivity contribution in [2.45, 2.75) is 12.1 Å². The van der Waals surface area contributed by atoms with Gasteiger partial charge in [-0.3, -0.25) is 9.59 Å². The molecule has 6 nitrogen and oxygen atoms in total. The van der Waals surface area contributed by atoms with Gasteiger partial charge in [-0.25, -0.2) is 4.39 Å². The van der Waals surface area contributed by atoms with Crippen molar-refractivity contribution in [3.05, 3.63) is 59.9 Å². The lowest BCUT2D eigenvalue weighted by Gasteiger charge is -2.04. The zero-order chi connectivity index (χ0) is 18.5. The summed E-state index contributed by atoms with van der Waals surface area (Å²) >= 11 is 1.08. The highest BCUT2D eigenvalue weighted by Crippen LogP contribution is 2.23. The van der Waals surface area contributed by atoms with Crippen LogP contribution in [-0.2, 0) is 4.79 Å². The van der Waals surface area contributed by atoms with Crippen LogP contribution < -0.4 is 5.32 Å². The number of hydrogen-bond acceptors (Lipinski definition) is 6. The summed E-state index contributed by atoms with van der Waals surface area (Å²) in [6.45, 7) is 1.48. The van der Waals surface area contributed by atoms with Crippen molar-refractivity contribution in [3.8, 4) is 11.5 Å². The highest BCUT2D eigenvalue weighted by atomic mass is 32.2. The van der Waals surface area contributed by atoms with E-state index in [-0.39, 0.29) is 28.6 Å². The third-order valence-electron chi connectivity index (χ3n) is 3.38. The van der Waals surface area contributed by atoms with Gasteiger partial charge in [0, 0.05) is 16.8 Å². The van der Waals surface area contributed by atoms with Gasteiger partial charge in [-0.05, 0) is 49.4 Å². The van der Waals surface area contributed by atoms with Crippen molar-refractivity contribution in [2.75, 3.05) is 11.1 Å². The third-order valence-corrected chi connectivity index (χ3v) is 4.20. The first-order chi connectivity index (χ1) is 12.5. The summed E-state index contributed by atoms with van der Waals surface area (Å²) in [7, 11) is 0. The molecule has 0 aliphatic heterocycles. The fourth-order valence-electron chi connectivity index (χ4n) is 2.12. The molecule has 3 rings (SSSR count). The number of nitrogens with zero attached hydrogens (tertiary/aromatic N) is 2. The molecule has 26 heavy (non-hydrogen) atoms. The van der Waals surface area contributed by atoms with Crippen LogP contribution in [-0.4, -0.2) is 27.6 Å². The van der Waals surface area contributed by atoms with Crippen LogP contribution in [0.15, 0.2) is 58.2 Å². The number of ketones is 1. The minimum Gasteiger partial charge on any atom is -0.411 e. The van der Waals surface area contributed by atoms with Crippen molar-refractivity contribution in [2.24, 2.45) is 0 Å². The molecular formula is C18H14FN3O3S. The van der Waals surface area contributed by atoms with Crippen LogP contribution in [0.1, 0.15) is 17.3 Å². The molecule has 0 saturated heterocycles. The molecule has 8 heteroatoms. The summed E-state index contributed by atoms with van der Waals surface area (Å²) < 4.78 is 18.6. The number of rotatable bonds is 6. The van der Waals surface area contributed by atoms with Gasteiger partial charge in [0.15, 0.2) is 5.78 Å². The molecule has 0 bridgehead atoms. The van der Waals surface area contributed by atoms with Crippen molar-refractivity contribution in [1.82, 2.24) is 10.2 Å². The van der Waals surface area contributed by atoms with Crippen LogP contribution in [0.3, 0.4) is 0 Å². The van der Waals surface area contributed by atoms with E-state index in [1.54, 1.807) is 36.4 Å². The number of carbonyl (C=O) groups excluding carboxylic acids is 2. The molecule has 0 radical (unpaired) electrons. The normalized spacial score (nSPS) is 10.5. The highest BCUT2D eigenvalue weighted by molar-refractivity contribution is 7.99. The zero-order valence-corrected chi connectivity index (χ0v) is 14.5. The summed E-state index contributed by atoms with van der Waals surface area (Å²) in [5.41, 5.74) is 1.64. The summed E-state index contributed by atoms with van der Waals surface area (Å²) in [4.78, 5) is 23.2. The number of Topliss-reactive ketones (excluding diaryl/α,β-unsaturated/α-hetero) is 1. The number of anilines is 1. The number of aromatic nitrogens is 2. The number of benzene rings is 2. The quantitative estimate of drug-likeness (QED) is 0.524. The van der Waals surface area contributed by atoms with Gasteiger partial charge in [-0.15, -0.1) is 10.2 Å². The Hall–Kier alpha value is -3.00. The first-order valence-corrected chi connectivity index (χ1v) is 8.63. The largest absolute Gasteiger partial charge is 0.411 e. The Morgan fingerprint density at radius 1 is 1.15 bits per heavy atom. The molecule has 132 valence electrons. The highest BCUT2D eigenvalue weighted by Gasteiger charge is 2.12. The molecule has 0 atom stereocenters. The van der Waals surface area contributed by atoms with Crippen molar-refractivity contribution in [1.29, 1.82) is 0 Å². The Bertz CT molecular complexity index is 941. The third kappa shape index (κ3) is 4.54. The fraction of sp³-hybridized carbons (Fsp3) is 0.111. The maximum atomic E-state index is 13.2. The van der Waals surface area contributed by atoms with Gasteiger partial charge in [-0.1, -0.05) is 17.8 Å². The van der Waals surface area contributed by atoms with Gasteiger partial charge in [0.2, 0.25) is 11.8 Å². The van der Waals surface area contributed by atoms with Crippen LogP contribution in [0, 0.1) is 5.82 Å². The number of amides is 1. The predicted molar refractivity (Wildman–Crippen MR) is 95.5 cm³/mol. The first kappa shape index (κ1) is 17.8. The number of carbonyl (C=O) groups is 2. The molecule has 1 amide bonds. The minimum atomic E-state index is -0.398. The Balaban J connectivity index is 1.55. The second-order valence-corrected chi connectivity index (χ2v) is 6.28. The molecule has 0 aliphatic carbocycles. The second-order valence-electron chi connectivity index (χ2n) is 5.35. The Morgan fingerprint density at radius 3 is 2.62 bits per heavy atom. The van der Waals surface area contributed by atoms with Gasteiger partial charge in [0.1, 0.15) is 5.82 Å². The predicted octanol–water partition coefficient (Wildman–Crippen LogP) is 3.81. The van der Waals surface area contributed by atoms with Gasteiger partial charge in [0.25, 0.3) is 5.22 Å². The molecule has 0 unspecified atom stereocenters. The van der Waals surface area contributed by atoms with E-state index in [9.17, 15) is 14.0 Å². The molecular weight excluding hydrogens is 357 g/mol. The average Bonchev–Trinajstić information content (AvgIpc) is 3.09. The van der Waals surface area contributed by atoms with Gasteiger partial charge in [0.05, 0.1) is 5.75 Å². The van der Waals surface area contributed by atoms with Crippen LogP contribution in [0.4, 0.5) is 10.1 Å². The van der Waals surface area contributed by atoms with Gasteiger partial charge in [-0.2, -0.15) is 0 Å². The summed E-state index contributed by atoms with van der Waals surface area (Å²) in [6.07, 6.45) is 0. The molecule has 1 heterocycles. The van der Waals surface area contributed by atoms with Crippen LogP contribution in [0.25, 0.3) is 11.5 Å². The van der Waals surface area contributed by atoms with Crippen LogP contribution in [0.5, 0.6) is 0 Å². The molecule has 0 aliphatic rings. The summed E-state index contributed by atoms with van der Waals surface area (Å²) in [6, 6.07) is 12.4. The van der Waals surface area contributed by atoms with E-state index in [4.69, 9.17) is 4.42 Å². The summed E-state index contributed by atoms with van der Waals surface area (Å²) in [5, 5.41) is 10.6. The summed E-state index contributed by atoms with van der Waals surface area (Å²) in [5.74, 6) is -0.434. The molecule has 0 saturated carbocycles. The van der Waals surface area contributed by atoms with Crippen LogP contribution in [0.2, 0.25) is 0 Å². The molecule has 2 aromatic carbocycles. The monoisotopic (exact) mass is 371 g/mol. The van der Waals surface area contributed by atoms with E-state index < -0.39 is 5.82 Å². The van der Waals surface area contributed by atoms with Crippen LogP contribution >= 0.6 is 11.8 Å². The molecule has 1 N–H and O–H groups in total. The smallest absolute Gasteiger partial charge is 0.277 e. The van der Waals surface area contributed by atoms with Crippen molar-refractivity contribution in [3.63, 3.8) is 0 Å². The van der Waals surface area contributed by atoms with Crippen molar-refractivity contribution < 1.29 is 18.4 Å². The van der Waals surface area contributed by atoms with Gasteiger partial charge < -0.3 is 9.73 Å². The number of hydrogen-bond donors (Lipinski definition) is 1. The lowest BCUT2D eigenvalue weighted by Crippen LogP contribution is -2.14. The maximum absolute atomic E-state index is 13.2. The van der Waals surface area contributed by atoms with E-state index in [1.807, 2.05) is 0 Å². The van der Waals surface area contributed by atoms with E-state index in [0.29, 0.717) is 16.8 Å². The topological polar surface area (TPSA) is 85.1 Å². The first-order valence-electron chi connectivity index (χ1n) is 7.64. The zero-order valence-electron chi connectivity index (χ0n) is 13.7. The number of halogens is 1. The SMILES string of the molecule is CC(=O)c1ccc(NC(=O)CSc2nnc(-c3cccc(F)c3)o2)cc1. The van der Waals surface area contributed by atoms with Crippen molar-refractivity contribution >= 4 is 29.1 Å². The Morgan fingerprint density at radius 2 is 1.92 bits per heavy atom. The van der Waals surface area contributed by atoms with E-state index in [1.165, 1.54) is 19.1 Å². The number of nitrogens with one attached hydrogen (secondary N) is 1. The lowest BCUT2D eigenvalue weighted by atomic mass is 10.1. The standard InChI is InChI=1S/C18H14FN3O3S/c1-11(23)12-5-7-15(8-6-12)20-16(24)10-26-18-22-21-17(25-18)13-3-2-4-14(19)9-13/h2-9H,10H2,1H3,(H,20,24). The number of thioether (sulfide) groups is 1. The lowest BCUT2D eigenvalue weighted by molar-refractivity contribution is -0.113. The Labute approximate surface area is 152 Å². The molecule has 1 aromatic heterocycles. The average molecular weight is 371 g/mol. The van der Waals surface area contributed by atoms with E-state index in [2.05, 4.69) is 15.5 Å². The maximum Gasteiger partial charge on any atom is 0.277 e. The van der Waals surface area contributed by atoms with Gasteiger partial charge >= 0.3 is 0 Å². The minimum absolute atomic E-state index is 0.0380. The Kier molecular flexibility index (Phi) is 5.43. The van der Waals surface area contributed by atoms with E-state index >= 15 is 0 Å². The molecule has 0 spiro atoms. The second kappa shape index (κ2) is 7.92. The fourth-order valence-corrected chi connectivity index (χ4v) is 2.68. The molecule has 0 fully saturated rings. The molecule has 3 aromatic rings.